The fraction of sp³-hybridized carbons (Fsp3) is 0.515. The van der Waals surface area contributed by atoms with Crippen molar-refractivity contribution in [3.05, 3.63) is 94.0 Å². The molecule has 0 aromatic rings. The Bertz CT molecular complexity index is 1100. The van der Waals surface area contributed by atoms with E-state index in [1.54, 1.807) is 5.57 Å². The van der Waals surface area contributed by atoms with Gasteiger partial charge in [0.15, 0.2) is 0 Å². The van der Waals surface area contributed by atoms with Gasteiger partial charge in [-0.3, -0.25) is 9.80 Å². The summed E-state index contributed by atoms with van der Waals surface area (Å²) in [4.78, 5) is 7.52. The molecule has 1 N–H and O–H groups in total. The molecular weight excluding hydrogens is 548 g/mol. The van der Waals surface area contributed by atoms with Gasteiger partial charge < -0.3 is 15.0 Å². The second kappa shape index (κ2) is 13.9. The van der Waals surface area contributed by atoms with Crippen molar-refractivity contribution in [2.24, 2.45) is 5.92 Å². The van der Waals surface area contributed by atoms with Gasteiger partial charge >= 0.3 is 0 Å². The van der Waals surface area contributed by atoms with E-state index < -0.39 is 0 Å². The quantitative estimate of drug-likeness (QED) is 0.260. The number of piperazine rings is 1. The first-order valence-corrected chi connectivity index (χ1v) is 15.6. The summed E-state index contributed by atoms with van der Waals surface area (Å²) in [6.45, 7) is 14.2. The molecule has 0 aromatic carbocycles. The fourth-order valence-corrected chi connectivity index (χ4v) is 6.33. The zero-order valence-electron chi connectivity index (χ0n) is 23.6. The van der Waals surface area contributed by atoms with Crippen molar-refractivity contribution in [2.75, 3.05) is 52.5 Å². The lowest BCUT2D eigenvalue weighted by Gasteiger charge is -2.37. The molecule has 2 bridgehead atoms. The van der Waals surface area contributed by atoms with Crippen molar-refractivity contribution in [1.29, 1.82) is 0 Å². The maximum atomic E-state index is 6.48. The minimum Gasteiger partial charge on any atom is -0.480 e. The zero-order valence-corrected chi connectivity index (χ0v) is 25.2. The Morgan fingerprint density at radius 3 is 2.85 bits per heavy atom. The largest absolute Gasteiger partial charge is 0.480 e. The van der Waals surface area contributed by atoms with Gasteiger partial charge in [-0.15, -0.1) is 0 Å². The Labute approximate surface area is 244 Å². The van der Waals surface area contributed by atoms with Gasteiger partial charge in [-0.25, -0.2) is 0 Å². The van der Waals surface area contributed by atoms with Gasteiger partial charge in [0, 0.05) is 61.9 Å². The van der Waals surface area contributed by atoms with Crippen LogP contribution in [0.2, 0.25) is 0 Å². The molecule has 5 rings (SSSR count). The molecule has 2 unspecified atom stereocenters. The summed E-state index contributed by atoms with van der Waals surface area (Å²) in [6.07, 6.45) is 27.9. The average Bonchev–Trinajstić information content (AvgIpc) is 3.41. The fourth-order valence-electron chi connectivity index (χ4n) is 6.20. The van der Waals surface area contributed by atoms with Crippen molar-refractivity contribution < 1.29 is 4.74 Å². The lowest BCUT2D eigenvalue weighted by Crippen LogP contribution is -2.46. The Morgan fingerprint density at radius 2 is 2.00 bits per heavy atom. The van der Waals surface area contributed by atoms with Crippen LogP contribution in [0.5, 0.6) is 0 Å². The van der Waals surface area contributed by atoms with E-state index in [1.807, 2.05) is 13.0 Å². The van der Waals surface area contributed by atoms with Crippen molar-refractivity contribution in [1.82, 2.24) is 20.0 Å². The Kier molecular flexibility index (Phi) is 10.0. The van der Waals surface area contributed by atoms with Crippen LogP contribution in [-0.2, 0) is 4.74 Å². The van der Waals surface area contributed by atoms with E-state index in [1.165, 1.54) is 49.7 Å². The van der Waals surface area contributed by atoms with E-state index in [0.29, 0.717) is 12.6 Å². The van der Waals surface area contributed by atoms with Crippen LogP contribution in [0.3, 0.4) is 0 Å². The number of nitrogens with zero attached hydrogens (tertiary/aromatic N) is 3. The standard InChI is InChI=1S/C33H45BrN4O/c1-3-30(34)13-12-26(2)38-19-17-36(18-20-38)24-29-21-28-22-32(33-31(29)11-8-15-35-33)39-25-37(23-28)16-14-27-9-6-4-5-7-10-27/h3,8-9,11-13,15,21-22,28,33,35H,2,4-7,10,14,16-20,23-25H2,1H3/b13-12-,30-3+. The monoisotopic (exact) mass is 592 g/mol. The van der Waals surface area contributed by atoms with Crippen LogP contribution in [0.25, 0.3) is 0 Å². The van der Waals surface area contributed by atoms with Gasteiger partial charge in [-0.2, -0.15) is 0 Å². The van der Waals surface area contributed by atoms with Crippen LogP contribution in [-0.4, -0.2) is 73.3 Å². The summed E-state index contributed by atoms with van der Waals surface area (Å²) >= 11 is 3.55. The smallest absolute Gasteiger partial charge is 0.141 e. The van der Waals surface area contributed by atoms with E-state index in [9.17, 15) is 0 Å². The highest BCUT2D eigenvalue weighted by molar-refractivity contribution is 9.11. The highest BCUT2D eigenvalue weighted by atomic mass is 79.9. The topological polar surface area (TPSA) is 31.0 Å². The second-order valence-electron chi connectivity index (χ2n) is 11.3. The number of dihydropyridines is 1. The molecule has 39 heavy (non-hydrogen) atoms. The lowest BCUT2D eigenvalue weighted by molar-refractivity contribution is 0.0727. The van der Waals surface area contributed by atoms with Gasteiger partial charge in [0.2, 0.25) is 0 Å². The lowest BCUT2D eigenvalue weighted by atomic mass is 9.94. The number of rotatable bonds is 8. The molecule has 3 heterocycles. The van der Waals surface area contributed by atoms with Crippen molar-refractivity contribution in [3.8, 4) is 0 Å². The summed E-state index contributed by atoms with van der Waals surface area (Å²) in [5.74, 6) is 1.45. The number of fused-ring (bicyclic) bond motifs is 3. The van der Waals surface area contributed by atoms with E-state index in [-0.39, 0.29) is 6.04 Å². The molecule has 3 aliphatic heterocycles. The van der Waals surface area contributed by atoms with Gasteiger partial charge in [0.05, 0.1) is 0 Å². The summed E-state index contributed by atoms with van der Waals surface area (Å²) in [7, 11) is 0. The number of hydrogen-bond donors (Lipinski definition) is 1. The van der Waals surface area contributed by atoms with Crippen LogP contribution in [0.15, 0.2) is 94.0 Å². The van der Waals surface area contributed by atoms with Crippen molar-refractivity contribution >= 4 is 15.9 Å². The molecule has 0 radical (unpaired) electrons. The average molecular weight is 594 g/mol. The number of halogens is 1. The predicted molar refractivity (Wildman–Crippen MR) is 166 cm³/mol. The van der Waals surface area contributed by atoms with Gasteiger partial charge in [0.1, 0.15) is 18.5 Å². The molecule has 5 nitrogen and oxygen atoms in total. The number of allylic oxidation sites excluding steroid dienone is 7. The third-order valence-corrected chi connectivity index (χ3v) is 9.27. The summed E-state index contributed by atoms with van der Waals surface area (Å²) < 4.78 is 7.56. The molecule has 1 fully saturated rings. The molecule has 0 amide bonds. The molecule has 0 aromatic heterocycles. The minimum absolute atomic E-state index is 0.104. The molecule has 210 valence electrons. The molecule has 6 heteroatoms. The Hall–Kier alpha value is -2.28. The highest BCUT2D eigenvalue weighted by Crippen LogP contribution is 2.33. The van der Waals surface area contributed by atoms with E-state index in [4.69, 9.17) is 4.74 Å². The van der Waals surface area contributed by atoms with Crippen molar-refractivity contribution in [2.45, 2.75) is 51.5 Å². The van der Waals surface area contributed by atoms with Crippen LogP contribution < -0.4 is 5.32 Å². The van der Waals surface area contributed by atoms with Crippen LogP contribution in [0.4, 0.5) is 0 Å². The molecule has 2 aliphatic carbocycles. The van der Waals surface area contributed by atoms with Crippen molar-refractivity contribution in [3.63, 3.8) is 0 Å². The first-order chi connectivity index (χ1) is 19.1. The normalized spacial score (nSPS) is 26.7. The molecule has 0 spiro atoms. The molecule has 0 saturated carbocycles. The Balaban J connectivity index is 1.23. The first-order valence-electron chi connectivity index (χ1n) is 14.8. The second-order valence-corrected chi connectivity index (χ2v) is 12.2. The molecule has 1 saturated heterocycles. The Morgan fingerprint density at radius 1 is 1.13 bits per heavy atom. The SMILES string of the molecule is C=C(/C=C\C(Br)=C/C)N1CCN(CC2=CC3C=C(OCN(CCC4=CCCCCC4)C3)C3NC=CC=C23)CC1. The maximum absolute atomic E-state index is 6.48. The van der Waals surface area contributed by atoms with Gasteiger partial charge in [-0.05, 0) is 80.7 Å². The zero-order chi connectivity index (χ0) is 27.0. The van der Waals surface area contributed by atoms with Crippen LogP contribution in [0.1, 0.15) is 45.4 Å². The van der Waals surface area contributed by atoms with E-state index in [0.717, 1.165) is 61.8 Å². The molecular formula is C33H45BrN4O. The summed E-state index contributed by atoms with van der Waals surface area (Å²) in [5, 5.41) is 3.60. The molecule has 2 atom stereocenters. The third-order valence-electron chi connectivity index (χ3n) is 8.54. The predicted octanol–water partition coefficient (Wildman–Crippen LogP) is 6.39. The van der Waals surface area contributed by atoms with Crippen LogP contribution >= 0.6 is 15.9 Å². The summed E-state index contributed by atoms with van der Waals surface area (Å²) in [5.41, 5.74) is 5.53. The highest BCUT2D eigenvalue weighted by Gasteiger charge is 2.32. The van der Waals surface area contributed by atoms with Gasteiger partial charge in [-0.1, -0.05) is 58.8 Å². The first kappa shape index (κ1) is 28.3. The number of ether oxygens (including phenoxy) is 1. The van der Waals surface area contributed by atoms with E-state index >= 15 is 0 Å². The summed E-state index contributed by atoms with van der Waals surface area (Å²) in [6, 6.07) is 0.104. The third kappa shape index (κ3) is 7.68. The van der Waals surface area contributed by atoms with E-state index in [2.05, 4.69) is 91.3 Å². The number of hydrogen-bond acceptors (Lipinski definition) is 5. The number of nitrogens with one attached hydrogen (secondary N) is 1. The maximum Gasteiger partial charge on any atom is 0.141 e. The van der Waals surface area contributed by atoms with Gasteiger partial charge in [0.25, 0.3) is 0 Å². The van der Waals surface area contributed by atoms with Crippen LogP contribution in [0, 0.1) is 5.92 Å². The molecule has 5 aliphatic rings. The minimum atomic E-state index is 0.104.